The van der Waals surface area contributed by atoms with Gasteiger partial charge >= 0.3 is 0 Å². The van der Waals surface area contributed by atoms with Gasteiger partial charge in [-0.2, -0.15) is 0 Å². The number of nitrogens with zero attached hydrogens (tertiary/aromatic N) is 5. The molecule has 4 saturated heterocycles. The molecule has 4 amide bonds. The summed E-state index contributed by atoms with van der Waals surface area (Å²) in [4.78, 5) is 63.0. The second kappa shape index (κ2) is 16.2. The summed E-state index contributed by atoms with van der Waals surface area (Å²) in [6.45, 7) is 6.24. The molecule has 0 atom stereocenters. The molecule has 0 radical (unpaired) electrons. The Kier molecular flexibility index (Phi) is 11.1. The quantitative estimate of drug-likeness (QED) is 0.207. The predicted octanol–water partition coefficient (Wildman–Crippen LogP) is 6.84. The van der Waals surface area contributed by atoms with Crippen molar-refractivity contribution >= 4 is 63.2 Å². The Morgan fingerprint density at radius 3 is 1.36 bits per heavy atom. The van der Waals surface area contributed by atoms with Crippen LogP contribution in [0, 0.1) is 0 Å². The number of aromatic nitrogens is 1. The van der Waals surface area contributed by atoms with Gasteiger partial charge in [-0.1, -0.05) is 11.6 Å². The van der Waals surface area contributed by atoms with Crippen LogP contribution in [0.4, 0.5) is 17.1 Å². The molecule has 4 aliphatic heterocycles. The fourth-order valence-corrected chi connectivity index (χ4v) is 7.81. The van der Waals surface area contributed by atoms with Gasteiger partial charge in [0.15, 0.2) is 0 Å². The molecule has 8 rings (SSSR count). The fraction of sp³-hybridized carbons (Fsp3) is 0.390. The molecule has 0 unspecified atom stereocenters. The lowest BCUT2D eigenvalue weighted by Crippen LogP contribution is -2.30. The Hall–Kier alpha value is -5.16. The number of hydrogen-bond acceptors (Lipinski definition) is 7. The smallest absolute Gasteiger partial charge is 0.253 e. The van der Waals surface area contributed by atoms with Crippen molar-refractivity contribution in [2.75, 3.05) is 63.4 Å². The maximum Gasteiger partial charge on any atom is 0.253 e. The van der Waals surface area contributed by atoms with Gasteiger partial charge in [0.05, 0.1) is 5.52 Å². The van der Waals surface area contributed by atoms with E-state index in [0.717, 1.165) is 120 Å². The van der Waals surface area contributed by atoms with Gasteiger partial charge in [0.1, 0.15) is 0 Å². The molecule has 4 aliphatic rings. The van der Waals surface area contributed by atoms with Crippen molar-refractivity contribution < 1.29 is 19.2 Å². The number of fused-ring (bicyclic) bond motifs is 1. The van der Waals surface area contributed by atoms with Crippen LogP contribution in [0.1, 0.15) is 92.8 Å². The summed E-state index contributed by atoms with van der Waals surface area (Å²) < 4.78 is 0. The molecular formula is C41H46ClN7O4. The lowest BCUT2D eigenvalue weighted by Gasteiger charge is -2.20. The summed E-state index contributed by atoms with van der Waals surface area (Å²) >= 11 is 6.12. The zero-order valence-corrected chi connectivity index (χ0v) is 30.7. The summed E-state index contributed by atoms with van der Waals surface area (Å²) in [6, 6.07) is 17.9. The van der Waals surface area contributed by atoms with E-state index in [-0.39, 0.29) is 23.6 Å². The van der Waals surface area contributed by atoms with Crippen LogP contribution in [-0.2, 0) is 0 Å². The minimum atomic E-state index is -0.0204. The van der Waals surface area contributed by atoms with Crippen LogP contribution < -0.4 is 11.1 Å². The number of anilines is 3. The van der Waals surface area contributed by atoms with Crippen molar-refractivity contribution in [1.82, 2.24) is 24.6 Å². The Morgan fingerprint density at radius 1 is 0.547 bits per heavy atom. The average molecular weight is 736 g/mol. The van der Waals surface area contributed by atoms with Crippen molar-refractivity contribution in [3.05, 3.63) is 94.1 Å². The first-order valence-corrected chi connectivity index (χ1v) is 19.2. The number of nitrogens with two attached hydrogens (primary N) is 1. The fourth-order valence-electron chi connectivity index (χ4n) is 7.64. The number of benzene rings is 3. The Morgan fingerprint density at radius 2 is 0.943 bits per heavy atom. The van der Waals surface area contributed by atoms with Crippen molar-refractivity contribution in [3.8, 4) is 0 Å². The summed E-state index contributed by atoms with van der Waals surface area (Å²) in [5.74, 6) is -0.0773. The van der Waals surface area contributed by atoms with Crippen molar-refractivity contribution in [3.63, 3.8) is 0 Å². The molecule has 4 aromatic rings. The van der Waals surface area contributed by atoms with E-state index >= 15 is 0 Å². The molecule has 0 aliphatic carbocycles. The molecule has 276 valence electrons. The number of hydrogen-bond donors (Lipinski definition) is 2. The molecule has 0 saturated carbocycles. The Balaban J connectivity index is 0.000000179. The Bertz CT molecular complexity index is 1920. The van der Waals surface area contributed by atoms with E-state index in [1.165, 1.54) is 0 Å². The SMILES string of the molecule is Nc1cc(C(=O)N2CCCC2)cc(C(=O)N2CCCC2)c1.O=C(c1cc(Nc2ccnc3cc(Cl)ccc23)cc(C(=O)N2CCCC2)c1)N1CCCC1. The van der Waals surface area contributed by atoms with E-state index in [2.05, 4.69) is 10.3 Å². The summed E-state index contributed by atoms with van der Waals surface area (Å²) in [5.41, 5.74) is 10.8. The third-order valence-corrected chi connectivity index (χ3v) is 10.7. The Labute approximate surface area is 315 Å². The molecule has 11 nitrogen and oxygen atoms in total. The molecule has 1 aromatic heterocycles. The molecule has 5 heterocycles. The van der Waals surface area contributed by atoms with Crippen LogP contribution in [0.3, 0.4) is 0 Å². The average Bonchev–Trinajstić information content (AvgIpc) is 4.02. The highest BCUT2D eigenvalue weighted by Crippen LogP contribution is 2.29. The van der Waals surface area contributed by atoms with Crippen LogP contribution in [0.5, 0.6) is 0 Å². The van der Waals surface area contributed by atoms with Gasteiger partial charge in [0.25, 0.3) is 23.6 Å². The maximum absolute atomic E-state index is 13.1. The standard InChI is InChI=1S/C25H25ClN4O2.C16H21N3O2/c26-19-5-6-21-22(7-8-27-23(21)16-19)28-20-14-17(24(31)29-9-1-2-10-29)13-18(15-20)25(32)30-11-3-4-12-30;17-14-10-12(15(20)18-5-1-2-6-18)9-13(11-14)16(21)19-7-3-4-8-19/h5-8,13-16H,1-4,9-12H2,(H,27,28);9-11H,1-8,17H2. The predicted molar refractivity (Wildman–Crippen MR) is 208 cm³/mol. The highest BCUT2D eigenvalue weighted by Gasteiger charge is 2.26. The van der Waals surface area contributed by atoms with Crippen LogP contribution >= 0.6 is 11.6 Å². The second-order valence-electron chi connectivity index (χ2n) is 14.3. The van der Waals surface area contributed by atoms with E-state index in [0.29, 0.717) is 38.7 Å². The monoisotopic (exact) mass is 735 g/mol. The lowest BCUT2D eigenvalue weighted by molar-refractivity contribution is 0.0776. The zero-order chi connectivity index (χ0) is 36.9. The van der Waals surface area contributed by atoms with Gasteiger partial charge in [0.2, 0.25) is 0 Å². The van der Waals surface area contributed by atoms with Gasteiger partial charge in [0, 0.05) is 108 Å². The summed E-state index contributed by atoms with van der Waals surface area (Å²) in [7, 11) is 0. The topological polar surface area (TPSA) is 132 Å². The van der Waals surface area contributed by atoms with Crippen LogP contribution in [0.25, 0.3) is 10.9 Å². The highest BCUT2D eigenvalue weighted by atomic mass is 35.5. The highest BCUT2D eigenvalue weighted by molar-refractivity contribution is 6.31. The molecular weight excluding hydrogens is 690 g/mol. The number of rotatable bonds is 6. The number of halogens is 1. The van der Waals surface area contributed by atoms with E-state index < -0.39 is 0 Å². The third kappa shape index (κ3) is 8.41. The van der Waals surface area contributed by atoms with Crippen LogP contribution in [0.15, 0.2) is 66.9 Å². The van der Waals surface area contributed by atoms with E-state index in [9.17, 15) is 19.2 Å². The number of likely N-dealkylation sites (tertiary alicyclic amines) is 4. The molecule has 4 fully saturated rings. The molecule has 3 N–H and O–H groups in total. The normalized spacial score (nSPS) is 16.9. The van der Waals surface area contributed by atoms with E-state index in [4.69, 9.17) is 17.3 Å². The van der Waals surface area contributed by atoms with Gasteiger partial charge < -0.3 is 30.7 Å². The number of amides is 4. The van der Waals surface area contributed by atoms with Crippen molar-refractivity contribution in [1.29, 1.82) is 0 Å². The number of carbonyl (C=O) groups is 4. The van der Waals surface area contributed by atoms with Crippen LogP contribution in [0.2, 0.25) is 5.02 Å². The molecule has 0 bridgehead atoms. The minimum absolute atomic E-state index is 0.0183. The lowest BCUT2D eigenvalue weighted by atomic mass is 10.1. The zero-order valence-electron chi connectivity index (χ0n) is 30.0. The minimum Gasteiger partial charge on any atom is -0.399 e. The maximum atomic E-state index is 13.1. The number of pyridine rings is 1. The first kappa shape index (κ1) is 36.2. The molecule has 53 heavy (non-hydrogen) atoms. The third-order valence-electron chi connectivity index (χ3n) is 10.4. The first-order valence-electron chi connectivity index (χ1n) is 18.8. The largest absolute Gasteiger partial charge is 0.399 e. The number of nitrogens with one attached hydrogen (secondary N) is 1. The van der Waals surface area contributed by atoms with E-state index in [1.807, 2.05) is 56.0 Å². The van der Waals surface area contributed by atoms with E-state index in [1.54, 1.807) is 30.5 Å². The molecule has 3 aromatic carbocycles. The second-order valence-corrected chi connectivity index (χ2v) is 14.7. The van der Waals surface area contributed by atoms with Gasteiger partial charge in [-0.05, 0) is 112 Å². The first-order chi connectivity index (χ1) is 25.7. The summed E-state index contributed by atoms with van der Waals surface area (Å²) in [6.07, 6.45) is 10.0. The van der Waals surface area contributed by atoms with Crippen molar-refractivity contribution in [2.24, 2.45) is 0 Å². The van der Waals surface area contributed by atoms with Gasteiger partial charge in [-0.3, -0.25) is 24.2 Å². The van der Waals surface area contributed by atoms with Gasteiger partial charge in [-0.25, -0.2) is 0 Å². The number of nitrogen functional groups attached to an aromatic ring is 1. The summed E-state index contributed by atoms with van der Waals surface area (Å²) in [5, 5.41) is 4.95. The van der Waals surface area contributed by atoms with Gasteiger partial charge in [-0.15, -0.1) is 0 Å². The molecule has 0 spiro atoms. The number of carbonyl (C=O) groups excluding carboxylic acids is 4. The van der Waals surface area contributed by atoms with Crippen molar-refractivity contribution in [2.45, 2.75) is 51.4 Å². The molecule has 12 heteroatoms. The van der Waals surface area contributed by atoms with Crippen LogP contribution in [-0.4, -0.2) is 101 Å².